The molecule has 0 spiro atoms. The van der Waals surface area contributed by atoms with Crippen LogP contribution < -0.4 is 9.80 Å². The van der Waals surface area contributed by atoms with E-state index in [-0.39, 0.29) is 23.1 Å². The Morgan fingerprint density at radius 2 is 1.57 bits per heavy atom. The first-order valence-corrected chi connectivity index (χ1v) is 11.6. The summed E-state index contributed by atoms with van der Waals surface area (Å²) in [6.07, 6.45) is 0.126. The molecule has 0 unspecified atom stereocenters. The highest BCUT2D eigenvalue weighted by Gasteiger charge is 2.47. The molecule has 2 aromatic rings. The summed E-state index contributed by atoms with van der Waals surface area (Å²) < 4.78 is 27.2. The van der Waals surface area contributed by atoms with Gasteiger partial charge in [0, 0.05) is 5.02 Å². The molecule has 0 bridgehead atoms. The zero-order chi connectivity index (χ0) is 21.5. The first-order valence-electron chi connectivity index (χ1n) is 9.81. The van der Waals surface area contributed by atoms with Crippen LogP contribution in [0.1, 0.15) is 12.0 Å². The van der Waals surface area contributed by atoms with Gasteiger partial charge in [-0.05, 0) is 43.3 Å². The van der Waals surface area contributed by atoms with E-state index in [1.807, 2.05) is 6.92 Å². The van der Waals surface area contributed by atoms with Gasteiger partial charge in [-0.15, -0.1) is 0 Å². The van der Waals surface area contributed by atoms with Crippen LogP contribution in [0, 0.1) is 6.92 Å². The van der Waals surface area contributed by atoms with Crippen molar-refractivity contribution in [1.82, 2.24) is 4.31 Å². The van der Waals surface area contributed by atoms with Gasteiger partial charge in [0.1, 0.15) is 0 Å². The molecule has 2 saturated heterocycles. The number of nitrogens with one attached hydrogen (secondary N) is 1. The Balaban J connectivity index is 1.44. The van der Waals surface area contributed by atoms with E-state index in [9.17, 15) is 18.0 Å². The van der Waals surface area contributed by atoms with Crippen LogP contribution in [0.5, 0.6) is 0 Å². The Kier molecular flexibility index (Phi) is 5.67. The number of rotatable bonds is 4. The summed E-state index contributed by atoms with van der Waals surface area (Å²) in [7, 11) is -3.56. The lowest BCUT2D eigenvalue weighted by Gasteiger charge is -2.33. The van der Waals surface area contributed by atoms with Crippen molar-refractivity contribution in [2.45, 2.75) is 24.3 Å². The van der Waals surface area contributed by atoms with Gasteiger partial charge in [0.25, 0.3) is 5.91 Å². The predicted octanol–water partition coefficient (Wildman–Crippen LogP) is 0.870. The highest BCUT2D eigenvalue weighted by molar-refractivity contribution is 7.89. The van der Waals surface area contributed by atoms with Crippen LogP contribution in [0.3, 0.4) is 0 Å². The topological polar surface area (TPSA) is 79.2 Å². The lowest BCUT2D eigenvalue weighted by atomic mass is 10.2. The number of piperazine rings is 1. The molecule has 7 nitrogen and oxygen atoms in total. The predicted molar refractivity (Wildman–Crippen MR) is 113 cm³/mol. The zero-order valence-corrected chi connectivity index (χ0v) is 18.1. The number of hydrogen-bond acceptors (Lipinski definition) is 4. The fraction of sp³-hybridized carbons (Fsp3) is 0.333. The minimum atomic E-state index is -3.56. The molecule has 4 rings (SSSR count). The number of imide groups is 1. The van der Waals surface area contributed by atoms with Gasteiger partial charge in [0.05, 0.1) is 43.2 Å². The first kappa shape index (κ1) is 21.0. The van der Waals surface area contributed by atoms with E-state index in [1.54, 1.807) is 48.5 Å². The molecule has 1 N–H and O–H groups in total. The van der Waals surface area contributed by atoms with Gasteiger partial charge < -0.3 is 4.90 Å². The number of aryl methyl sites for hydroxylation is 1. The van der Waals surface area contributed by atoms with Crippen molar-refractivity contribution in [3.8, 4) is 0 Å². The number of halogens is 1. The molecule has 2 aromatic carbocycles. The summed E-state index contributed by atoms with van der Waals surface area (Å²) >= 11 is 5.90. The first-order chi connectivity index (χ1) is 14.3. The second-order valence-corrected chi connectivity index (χ2v) is 10.1. The number of sulfonamides is 1. The van der Waals surface area contributed by atoms with Gasteiger partial charge in [-0.2, -0.15) is 4.31 Å². The number of benzene rings is 2. The molecule has 2 aliphatic heterocycles. The lowest BCUT2D eigenvalue weighted by molar-refractivity contribution is -0.918. The molecule has 0 saturated carbocycles. The maximum atomic E-state index is 13.0. The van der Waals surface area contributed by atoms with E-state index in [0.29, 0.717) is 36.9 Å². The Bertz CT molecular complexity index is 1060. The average Bonchev–Trinajstić information content (AvgIpc) is 3.03. The van der Waals surface area contributed by atoms with E-state index >= 15 is 0 Å². The third-order valence-electron chi connectivity index (χ3n) is 5.75. The number of hydrogen-bond donors (Lipinski definition) is 1. The molecule has 9 heteroatoms. The van der Waals surface area contributed by atoms with Crippen LogP contribution in [-0.4, -0.2) is 56.8 Å². The van der Waals surface area contributed by atoms with E-state index in [1.165, 1.54) is 9.21 Å². The van der Waals surface area contributed by atoms with Crippen LogP contribution in [0.4, 0.5) is 5.69 Å². The number of anilines is 1. The number of quaternary nitrogens is 1. The summed E-state index contributed by atoms with van der Waals surface area (Å²) in [5.41, 5.74) is 1.51. The van der Waals surface area contributed by atoms with Gasteiger partial charge in [-0.3, -0.25) is 9.59 Å². The summed E-state index contributed by atoms with van der Waals surface area (Å²) in [6.45, 7) is 3.48. The van der Waals surface area contributed by atoms with E-state index in [4.69, 9.17) is 11.6 Å². The molecule has 158 valence electrons. The van der Waals surface area contributed by atoms with Crippen LogP contribution in [0.2, 0.25) is 5.02 Å². The van der Waals surface area contributed by atoms with Crippen LogP contribution >= 0.6 is 11.6 Å². The van der Waals surface area contributed by atoms with Crippen molar-refractivity contribution in [2.75, 3.05) is 31.1 Å². The van der Waals surface area contributed by atoms with Crippen LogP contribution in [0.15, 0.2) is 53.4 Å². The molecular weight excluding hydrogens is 426 g/mol. The third kappa shape index (κ3) is 3.88. The highest BCUT2D eigenvalue weighted by Crippen LogP contribution is 2.24. The molecule has 2 aliphatic rings. The van der Waals surface area contributed by atoms with Gasteiger partial charge in [0.2, 0.25) is 15.9 Å². The fourth-order valence-corrected chi connectivity index (χ4v) is 5.60. The third-order valence-corrected chi connectivity index (χ3v) is 7.91. The van der Waals surface area contributed by atoms with Gasteiger partial charge in [-0.1, -0.05) is 29.3 Å². The summed E-state index contributed by atoms with van der Waals surface area (Å²) in [4.78, 5) is 27.9. The second-order valence-electron chi connectivity index (χ2n) is 7.68. The minimum Gasteiger partial charge on any atom is -0.322 e. The quantitative estimate of drug-likeness (QED) is 0.704. The molecule has 1 atom stereocenters. The minimum absolute atomic E-state index is 0.126. The molecular formula is C21H23ClN3O4S+. The van der Waals surface area contributed by atoms with E-state index in [2.05, 4.69) is 0 Å². The molecule has 30 heavy (non-hydrogen) atoms. The van der Waals surface area contributed by atoms with Crippen LogP contribution in [0.25, 0.3) is 0 Å². The van der Waals surface area contributed by atoms with Gasteiger partial charge in [-0.25, -0.2) is 13.3 Å². The average molecular weight is 449 g/mol. The zero-order valence-electron chi connectivity index (χ0n) is 16.5. The highest BCUT2D eigenvalue weighted by atomic mass is 35.5. The molecule has 2 heterocycles. The standard InChI is InChI=1S/C21H22ClN3O4S/c1-15-2-8-18(9-3-15)30(28,29)24-12-10-23(11-13-24)19-14-20(26)25(21(19)27)17-6-4-16(22)5-7-17/h2-9,19H,10-14H2,1H3/p+1/t19-/m1/s1. The van der Waals surface area contributed by atoms with Crippen LogP contribution in [-0.2, 0) is 19.6 Å². The molecule has 0 aliphatic carbocycles. The Hall–Kier alpha value is -2.26. The second kappa shape index (κ2) is 8.11. The normalized spacial score (nSPS) is 21.4. The number of nitrogens with zero attached hydrogens (tertiary/aromatic N) is 2. The smallest absolute Gasteiger partial charge is 0.292 e. The van der Waals surface area contributed by atoms with Crippen molar-refractivity contribution in [3.63, 3.8) is 0 Å². The van der Waals surface area contributed by atoms with E-state index < -0.39 is 16.1 Å². The summed E-state index contributed by atoms with van der Waals surface area (Å²) in [5.74, 6) is -0.485. The Morgan fingerprint density at radius 1 is 0.967 bits per heavy atom. The summed E-state index contributed by atoms with van der Waals surface area (Å²) in [6, 6.07) is 12.9. The van der Waals surface area contributed by atoms with Gasteiger partial charge >= 0.3 is 0 Å². The fourth-order valence-electron chi connectivity index (χ4n) is 4.03. The SMILES string of the molecule is Cc1ccc(S(=O)(=O)N2CC[NH+]([C@@H]3CC(=O)N(c4ccc(Cl)cc4)C3=O)CC2)cc1. The van der Waals surface area contributed by atoms with Crippen molar-refractivity contribution in [2.24, 2.45) is 0 Å². The molecule has 2 amide bonds. The number of carbonyl (C=O) groups excluding carboxylic acids is 2. The van der Waals surface area contributed by atoms with Gasteiger partial charge in [0.15, 0.2) is 6.04 Å². The Morgan fingerprint density at radius 3 is 2.17 bits per heavy atom. The van der Waals surface area contributed by atoms with E-state index in [0.717, 1.165) is 10.5 Å². The number of carbonyl (C=O) groups is 2. The molecule has 0 radical (unpaired) electrons. The van der Waals surface area contributed by atoms with Crippen molar-refractivity contribution < 1.29 is 22.9 Å². The monoisotopic (exact) mass is 448 g/mol. The molecule has 2 fully saturated rings. The lowest BCUT2D eigenvalue weighted by Crippen LogP contribution is -3.19. The maximum absolute atomic E-state index is 13.0. The largest absolute Gasteiger partial charge is 0.322 e. The van der Waals surface area contributed by atoms with Crippen molar-refractivity contribution >= 4 is 39.1 Å². The van der Waals surface area contributed by atoms with Crippen molar-refractivity contribution in [1.29, 1.82) is 0 Å². The maximum Gasteiger partial charge on any atom is 0.292 e. The summed E-state index contributed by atoms with van der Waals surface area (Å²) in [5, 5.41) is 0.533. The van der Waals surface area contributed by atoms with Crippen molar-refractivity contribution in [3.05, 3.63) is 59.1 Å². The molecule has 0 aromatic heterocycles. The number of amides is 2. The Labute approximate surface area is 180 Å².